The van der Waals surface area contributed by atoms with Crippen molar-refractivity contribution in [1.29, 1.82) is 0 Å². The normalized spacial score (nSPS) is 36.0. The molecule has 2 nitrogen and oxygen atoms in total. The first-order valence-corrected chi connectivity index (χ1v) is 9.67. The van der Waals surface area contributed by atoms with E-state index in [1.54, 1.807) is 0 Å². The van der Waals surface area contributed by atoms with Crippen LogP contribution in [-0.4, -0.2) is 20.6 Å². The van der Waals surface area contributed by atoms with Gasteiger partial charge in [-0.3, -0.25) is 0 Å². The molecule has 0 aromatic rings. The number of aliphatic hydroxyl groups is 2. The van der Waals surface area contributed by atoms with Crippen LogP contribution in [0.5, 0.6) is 0 Å². The van der Waals surface area contributed by atoms with Crippen molar-refractivity contribution in [1.82, 2.24) is 0 Å². The molecule has 1 saturated heterocycles. The number of hydrogen-bond donors (Lipinski definition) is 2. The van der Waals surface area contributed by atoms with E-state index in [0.29, 0.717) is 5.92 Å². The van der Waals surface area contributed by atoms with Crippen LogP contribution >= 0.6 is 11.8 Å². The van der Waals surface area contributed by atoms with E-state index in [1.165, 1.54) is 63.1 Å². The Morgan fingerprint density at radius 1 is 0.700 bits per heavy atom. The van der Waals surface area contributed by atoms with Gasteiger partial charge in [-0.2, -0.15) is 0 Å². The maximum absolute atomic E-state index is 11.2. The predicted octanol–water partition coefficient (Wildman–Crippen LogP) is 4.83. The fraction of sp³-hybridized carbons (Fsp3) is 1.00. The topological polar surface area (TPSA) is 40.5 Å². The summed E-state index contributed by atoms with van der Waals surface area (Å²) in [6.07, 6.45) is 16.5. The molecular formula is C17H32O2S. The van der Waals surface area contributed by atoms with Gasteiger partial charge < -0.3 is 10.2 Å². The molecule has 2 unspecified atom stereocenters. The van der Waals surface area contributed by atoms with E-state index in [2.05, 4.69) is 0 Å². The van der Waals surface area contributed by atoms with E-state index in [9.17, 15) is 10.2 Å². The molecule has 2 rings (SSSR count). The molecule has 0 bridgehead atoms. The minimum Gasteiger partial charge on any atom is -0.382 e. The monoisotopic (exact) mass is 300 g/mol. The first-order chi connectivity index (χ1) is 9.71. The van der Waals surface area contributed by atoms with Gasteiger partial charge in [-0.05, 0) is 38.0 Å². The largest absolute Gasteiger partial charge is 0.382 e. The Morgan fingerprint density at radius 2 is 1.20 bits per heavy atom. The van der Waals surface area contributed by atoms with Gasteiger partial charge in [0.25, 0.3) is 0 Å². The fourth-order valence-corrected chi connectivity index (χ4v) is 5.23. The summed E-state index contributed by atoms with van der Waals surface area (Å²) in [4.78, 5) is -0.673. The van der Waals surface area contributed by atoms with Crippen molar-refractivity contribution in [3.8, 4) is 0 Å². The van der Waals surface area contributed by atoms with Crippen LogP contribution in [0.1, 0.15) is 89.9 Å². The Morgan fingerprint density at radius 3 is 1.85 bits per heavy atom. The van der Waals surface area contributed by atoms with Crippen LogP contribution in [0.4, 0.5) is 0 Å². The summed E-state index contributed by atoms with van der Waals surface area (Å²) in [5, 5.41) is 21.4. The summed E-state index contributed by atoms with van der Waals surface area (Å²) in [5.74, 6) is 0.387. The molecule has 2 aliphatic rings. The molecule has 2 atom stereocenters. The molecular weight excluding hydrogens is 268 g/mol. The zero-order valence-corrected chi connectivity index (χ0v) is 13.7. The average molecular weight is 301 g/mol. The predicted molar refractivity (Wildman–Crippen MR) is 86.7 cm³/mol. The van der Waals surface area contributed by atoms with Crippen LogP contribution in [0.15, 0.2) is 0 Å². The Balaban J connectivity index is 2.01. The average Bonchev–Trinajstić information content (AvgIpc) is 2.60. The van der Waals surface area contributed by atoms with E-state index in [0.717, 1.165) is 38.5 Å². The zero-order valence-electron chi connectivity index (χ0n) is 12.9. The van der Waals surface area contributed by atoms with Gasteiger partial charge in [0, 0.05) is 0 Å². The standard InChI is InChI=1S/C17H32O2S/c18-16-13-9-5-6-10-14-17(19,20-16)15-11-7-3-1-2-4-8-12-15/h15-16,18-19H,1-14H2. The SMILES string of the molecule is OC1CCCCCCC(O)(C2CCCCCCCC2)S1. The van der Waals surface area contributed by atoms with Crippen LogP contribution in [0.25, 0.3) is 0 Å². The van der Waals surface area contributed by atoms with Crippen LogP contribution in [-0.2, 0) is 0 Å². The fourth-order valence-electron chi connectivity index (χ4n) is 3.79. The molecule has 1 saturated carbocycles. The van der Waals surface area contributed by atoms with Crippen molar-refractivity contribution < 1.29 is 10.2 Å². The van der Waals surface area contributed by atoms with Gasteiger partial charge in [0.2, 0.25) is 0 Å². The molecule has 2 N–H and O–H groups in total. The minimum atomic E-state index is -0.673. The number of hydrogen-bond acceptors (Lipinski definition) is 3. The molecule has 0 spiro atoms. The third-order valence-corrected chi connectivity index (χ3v) is 6.52. The van der Waals surface area contributed by atoms with Gasteiger partial charge in [-0.25, -0.2) is 0 Å². The maximum atomic E-state index is 11.2. The summed E-state index contributed by atoms with van der Waals surface area (Å²) in [6, 6.07) is 0. The van der Waals surface area contributed by atoms with E-state index in [4.69, 9.17) is 0 Å². The maximum Gasteiger partial charge on any atom is 0.115 e. The van der Waals surface area contributed by atoms with Crippen LogP contribution in [0.2, 0.25) is 0 Å². The van der Waals surface area contributed by atoms with Gasteiger partial charge in [0.05, 0.1) is 0 Å². The first-order valence-electron chi connectivity index (χ1n) is 8.79. The molecule has 1 heterocycles. The number of rotatable bonds is 1. The second kappa shape index (κ2) is 8.65. The molecule has 1 aliphatic carbocycles. The van der Waals surface area contributed by atoms with Gasteiger partial charge in [-0.1, -0.05) is 69.5 Å². The molecule has 2 fully saturated rings. The second-order valence-corrected chi connectivity index (χ2v) is 8.25. The number of aliphatic hydroxyl groups excluding tert-OH is 1. The second-order valence-electron chi connectivity index (χ2n) is 6.77. The lowest BCUT2D eigenvalue weighted by Crippen LogP contribution is -2.36. The highest BCUT2D eigenvalue weighted by Gasteiger charge is 2.38. The summed E-state index contributed by atoms with van der Waals surface area (Å²) < 4.78 is 0. The van der Waals surface area contributed by atoms with E-state index >= 15 is 0 Å². The summed E-state index contributed by atoms with van der Waals surface area (Å²) in [6.45, 7) is 0. The Hall–Kier alpha value is 0.270. The van der Waals surface area contributed by atoms with Gasteiger partial charge >= 0.3 is 0 Å². The van der Waals surface area contributed by atoms with E-state index in [-0.39, 0.29) is 5.44 Å². The van der Waals surface area contributed by atoms with Crippen molar-refractivity contribution >= 4 is 11.8 Å². The summed E-state index contributed by atoms with van der Waals surface area (Å²) >= 11 is 1.48. The third kappa shape index (κ3) is 5.23. The summed E-state index contributed by atoms with van der Waals surface area (Å²) in [5.41, 5.74) is -0.370. The zero-order chi connectivity index (χ0) is 14.3. The lowest BCUT2D eigenvalue weighted by atomic mass is 9.88. The van der Waals surface area contributed by atoms with Crippen molar-refractivity contribution in [2.24, 2.45) is 5.92 Å². The van der Waals surface area contributed by atoms with Crippen LogP contribution in [0, 0.1) is 5.92 Å². The molecule has 118 valence electrons. The molecule has 1 aliphatic heterocycles. The summed E-state index contributed by atoms with van der Waals surface area (Å²) in [7, 11) is 0. The third-order valence-electron chi connectivity index (χ3n) is 5.07. The van der Waals surface area contributed by atoms with Gasteiger partial charge in [-0.15, -0.1) is 0 Å². The Kier molecular flexibility index (Phi) is 7.20. The van der Waals surface area contributed by atoms with Gasteiger partial charge in [0.15, 0.2) is 0 Å². The molecule has 20 heavy (non-hydrogen) atoms. The van der Waals surface area contributed by atoms with Crippen molar-refractivity contribution in [3.63, 3.8) is 0 Å². The van der Waals surface area contributed by atoms with Crippen molar-refractivity contribution in [3.05, 3.63) is 0 Å². The highest BCUT2D eigenvalue weighted by atomic mass is 32.2. The molecule has 0 aromatic heterocycles. The molecule has 3 heteroatoms. The first kappa shape index (κ1) is 16.6. The Labute approximate surface area is 128 Å². The van der Waals surface area contributed by atoms with Crippen LogP contribution < -0.4 is 0 Å². The lowest BCUT2D eigenvalue weighted by molar-refractivity contribution is 0.0472. The van der Waals surface area contributed by atoms with Crippen molar-refractivity contribution in [2.75, 3.05) is 0 Å². The number of thioether (sulfide) groups is 1. The van der Waals surface area contributed by atoms with Crippen LogP contribution in [0.3, 0.4) is 0 Å². The highest BCUT2D eigenvalue weighted by molar-refractivity contribution is 8.00. The molecule has 0 radical (unpaired) electrons. The Bertz CT molecular complexity index is 262. The van der Waals surface area contributed by atoms with Gasteiger partial charge in [0.1, 0.15) is 10.4 Å². The lowest BCUT2D eigenvalue weighted by Gasteiger charge is -2.37. The van der Waals surface area contributed by atoms with E-state index in [1.807, 2.05) is 0 Å². The molecule has 0 aromatic carbocycles. The van der Waals surface area contributed by atoms with E-state index < -0.39 is 4.93 Å². The highest BCUT2D eigenvalue weighted by Crippen LogP contribution is 2.44. The molecule has 0 amide bonds. The minimum absolute atomic E-state index is 0.370. The quantitative estimate of drug-likeness (QED) is 0.728. The van der Waals surface area contributed by atoms with Crippen molar-refractivity contribution in [2.45, 2.75) is 100 Å². The smallest absolute Gasteiger partial charge is 0.115 e.